The second-order valence-electron chi connectivity index (χ2n) is 7.72. The second-order valence-corrected chi connectivity index (χ2v) is 7.72. The highest BCUT2D eigenvalue weighted by Gasteiger charge is 2.36. The molecule has 156 valence electrons. The third-order valence-electron chi connectivity index (χ3n) is 5.42. The summed E-state index contributed by atoms with van der Waals surface area (Å²) in [6.45, 7) is 4.83. The van der Waals surface area contributed by atoms with E-state index in [4.69, 9.17) is 4.74 Å². The smallest absolute Gasteiger partial charge is 0.315 e. The SMILES string of the molecule is C[C@@H]1CN(c2ccc(F)cc2)C[C@H](C)N1C(=O)C(=O)Nc1ccc2c(c1)OC(=O)C2. The lowest BCUT2D eigenvalue weighted by Gasteiger charge is -2.45. The number of benzene rings is 2. The van der Waals surface area contributed by atoms with E-state index >= 15 is 0 Å². The van der Waals surface area contributed by atoms with Crippen molar-refractivity contribution in [2.45, 2.75) is 32.4 Å². The summed E-state index contributed by atoms with van der Waals surface area (Å²) in [6, 6.07) is 10.7. The number of esters is 1. The molecule has 2 heterocycles. The summed E-state index contributed by atoms with van der Waals surface area (Å²) in [5.74, 6) is -1.60. The Morgan fingerprint density at radius 2 is 1.73 bits per heavy atom. The monoisotopic (exact) mass is 411 g/mol. The quantitative estimate of drug-likeness (QED) is 0.466. The molecular weight excluding hydrogens is 389 g/mol. The van der Waals surface area contributed by atoms with Crippen LogP contribution in [0.5, 0.6) is 5.75 Å². The molecule has 0 aromatic heterocycles. The van der Waals surface area contributed by atoms with E-state index in [0.717, 1.165) is 11.3 Å². The van der Waals surface area contributed by atoms with Crippen LogP contribution in [0.3, 0.4) is 0 Å². The number of halogens is 1. The average Bonchev–Trinajstić information content (AvgIpc) is 3.07. The molecular formula is C22H22FN3O4. The van der Waals surface area contributed by atoms with E-state index < -0.39 is 11.8 Å². The predicted octanol–water partition coefficient (Wildman–Crippen LogP) is 2.35. The van der Waals surface area contributed by atoms with Crippen LogP contribution in [-0.2, 0) is 20.8 Å². The highest BCUT2D eigenvalue weighted by atomic mass is 19.1. The zero-order valence-electron chi connectivity index (χ0n) is 16.7. The minimum Gasteiger partial charge on any atom is -0.426 e. The van der Waals surface area contributed by atoms with E-state index in [1.165, 1.54) is 12.1 Å². The number of hydrogen-bond acceptors (Lipinski definition) is 5. The average molecular weight is 411 g/mol. The Morgan fingerprint density at radius 1 is 1.07 bits per heavy atom. The van der Waals surface area contributed by atoms with Crippen molar-refractivity contribution in [3.63, 3.8) is 0 Å². The lowest BCUT2D eigenvalue weighted by atomic mass is 10.1. The van der Waals surface area contributed by atoms with Crippen LogP contribution >= 0.6 is 0 Å². The molecule has 30 heavy (non-hydrogen) atoms. The van der Waals surface area contributed by atoms with Gasteiger partial charge in [-0.05, 0) is 44.2 Å². The minimum atomic E-state index is -0.742. The molecule has 0 saturated carbocycles. The van der Waals surface area contributed by atoms with E-state index in [1.54, 1.807) is 35.2 Å². The lowest BCUT2D eigenvalue weighted by Crippen LogP contribution is -2.60. The van der Waals surface area contributed by atoms with Crippen LogP contribution in [-0.4, -0.2) is 47.9 Å². The molecule has 0 radical (unpaired) electrons. The van der Waals surface area contributed by atoms with Crippen molar-refractivity contribution >= 4 is 29.2 Å². The molecule has 4 rings (SSSR count). The van der Waals surface area contributed by atoms with Crippen molar-refractivity contribution in [2.75, 3.05) is 23.3 Å². The van der Waals surface area contributed by atoms with Gasteiger partial charge < -0.3 is 19.9 Å². The molecule has 8 heteroatoms. The molecule has 1 saturated heterocycles. The fraction of sp³-hybridized carbons (Fsp3) is 0.318. The fourth-order valence-electron chi connectivity index (χ4n) is 4.08. The number of anilines is 2. The number of piperazine rings is 1. The van der Waals surface area contributed by atoms with Gasteiger partial charge in [0.05, 0.1) is 6.42 Å². The molecule has 2 aromatic carbocycles. The van der Waals surface area contributed by atoms with Gasteiger partial charge in [-0.15, -0.1) is 0 Å². The number of carbonyl (C=O) groups excluding carboxylic acids is 3. The van der Waals surface area contributed by atoms with Crippen molar-refractivity contribution in [2.24, 2.45) is 0 Å². The van der Waals surface area contributed by atoms with Crippen LogP contribution in [0, 0.1) is 5.82 Å². The van der Waals surface area contributed by atoms with Crippen molar-refractivity contribution in [1.29, 1.82) is 0 Å². The molecule has 2 aliphatic rings. The molecule has 0 aliphatic carbocycles. The molecule has 2 aliphatic heterocycles. The summed E-state index contributed by atoms with van der Waals surface area (Å²) >= 11 is 0. The Hall–Kier alpha value is -3.42. The Kier molecular flexibility index (Phi) is 5.15. The van der Waals surface area contributed by atoms with Gasteiger partial charge >= 0.3 is 17.8 Å². The second kappa shape index (κ2) is 7.78. The van der Waals surface area contributed by atoms with E-state index in [9.17, 15) is 18.8 Å². The molecule has 0 unspecified atom stereocenters. The predicted molar refractivity (Wildman–Crippen MR) is 109 cm³/mol. The number of hydrogen-bond donors (Lipinski definition) is 1. The number of fused-ring (bicyclic) bond motifs is 1. The van der Waals surface area contributed by atoms with E-state index in [1.807, 2.05) is 13.8 Å². The Bertz CT molecular complexity index is 996. The van der Waals surface area contributed by atoms with Crippen LogP contribution in [0.2, 0.25) is 0 Å². The number of carbonyl (C=O) groups is 3. The summed E-state index contributed by atoms with van der Waals surface area (Å²) in [5, 5.41) is 2.60. The van der Waals surface area contributed by atoms with Crippen LogP contribution < -0.4 is 15.0 Å². The lowest BCUT2D eigenvalue weighted by molar-refractivity contribution is -0.146. The van der Waals surface area contributed by atoms with Gasteiger partial charge in [0.25, 0.3) is 0 Å². The van der Waals surface area contributed by atoms with Crippen LogP contribution in [0.25, 0.3) is 0 Å². The number of nitrogens with one attached hydrogen (secondary N) is 1. The highest BCUT2D eigenvalue weighted by Crippen LogP contribution is 2.29. The first-order valence-electron chi connectivity index (χ1n) is 9.79. The molecule has 1 N–H and O–H groups in total. The van der Waals surface area contributed by atoms with Gasteiger partial charge in [-0.3, -0.25) is 14.4 Å². The fourth-order valence-corrected chi connectivity index (χ4v) is 4.08. The molecule has 1 fully saturated rings. The van der Waals surface area contributed by atoms with E-state index in [0.29, 0.717) is 24.5 Å². The number of amides is 2. The largest absolute Gasteiger partial charge is 0.426 e. The maximum absolute atomic E-state index is 13.2. The van der Waals surface area contributed by atoms with Crippen molar-refractivity contribution in [3.05, 3.63) is 53.8 Å². The molecule has 2 atom stereocenters. The van der Waals surface area contributed by atoms with Gasteiger partial charge in [0, 0.05) is 48.2 Å². The van der Waals surface area contributed by atoms with Crippen LogP contribution in [0.4, 0.5) is 15.8 Å². The minimum absolute atomic E-state index is 0.204. The highest BCUT2D eigenvalue weighted by molar-refractivity contribution is 6.39. The first-order chi connectivity index (χ1) is 14.3. The first kappa shape index (κ1) is 19.9. The Morgan fingerprint density at radius 3 is 2.40 bits per heavy atom. The molecule has 0 spiro atoms. The van der Waals surface area contributed by atoms with Gasteiger partial charge in [0.2, 0.25) is 0 Å². The Labute approximate surface area is 173 Å². The van der Waals surface area contributed by atoms with Crippen molar-refractivity contribution in [1.82, 2.24) is 4.90 Å². The van der Waals surface area contributed by atoms with Gasteiger partial charge in [0.1, 0.15) is 11.6 Å². The normalized spacial score (nSPS) is 20.6. The maximum atomic E-state index is 13.2. The molecule has 7 nitrogen and oxygen atoms in total. The third kappa shape index (κ3) is 3.85. The molecule has 2 amide bonds. The molecule has 0 bridgehead atoms. The summed E-state index contributed by atoms with van der Waals surface area (Å²) < 4.78 is 18.3. The van der Waals surface area contributed by atoms with Gasteiger partial charge in [-0.2, -0.15) is 0 Å². The first-order valence-corrected chi connectivity index (χ1v) is 9.79. The maximum Gasteiger partial charge on any atom is 0.315 e. The number of rotatable bonds is 2. The van der Waals surface area contributed by atoms with E-state index in [2.05, 4.69) is 10.2 Å². The molecule has 2 aromatic rings. The van der Waals surface area contributed by atoms with Gasteiger partial charge in [-0.25, -0.2) is 4.39 Å². The summed E-state index contributed by atoms with van der Waals surface area (Å²) in [6.07, 6.45) is 0.204. The Balaban J connectivity index is 1.43. The third-order valence-corrected chi connectivity index (χ3v) is 5.42. The van der Waals surface area contributed by atoms with Crippen molar-refractivity contribution < 1.29 is 23.5 Å². The van der Waals surface area contributed by atoms with Crippen LogP contribution in [0.15, 0.2) is 42.5 Å². The van der Waals surface area contributed by atoms with Crippen LogP contribution in [0.1, 0.15) is 19.4 Å². The van der Waals surface area contributed by atoms with Gasteiger partial charge in [-0.1, -0.05) is 6.07 Å². The number of nitrogens with zero attached hydrogens (tertiary/aromatic N) is 2. The standard InChI is InChI=1S/C22H22FN3O4/c1-13-11-25(18-7-4-16(23)5-8-18)12-14(2)26(13)22(29)21(28)24-17-6-3-15-9-20(27)30-19(15)10-17/h3-8,10,13-14H,9,11-12H2,1-2H3,(H,24,28)/t13-,14+. The summed E-state index contributed by atoms with van der Waals surface area (Å²) in [7, 11) is 0. The van der Waals surface area contributed by atoms with E-state index in [-0.39, 0.29) is 30.3 Å². The van der Waals surface area contributed by atoms with Gasteiger partial charge in [0.15, 0.2) is 0 Å². The number of ether oxygens (including phenoxy) is 1. The summed E-state index contributed by atoms with van der Waals surface area (Å²) in [4.78, 5) is 40.5. The van der Waals surface area contributed by atoms with Crippen molar-refractivity contribution in [3.8, 4) is 5.75 Å². The zero-order valence-corrected chi connectivity index (χ0v) is 16.7. The summed E-state index contributed by atoms with van der Waals surface area (Å²) in [5.41, 5.74) is 2.02. The zero-order chi connectivity index (χ0) is 21.4. The topological polar surface area (TPSA) is 79.0 Å².